The summed E-state index contributed by atoms with van der Waals surface area (Å²) in [5, 5.41) is 0. The highest BCUT2D eigenvalue weighted by molar-refractivity contribution is 7.80. The van der Waals surface area contributed by atoms with Gasteiger partial charge in [0.25, 0.3) is 0 Å². The molecule has 104 valence electrons. The zero-order chi connectivity index (χ0) is 13.9. The molecule has 1 aliphatic heterocycles. The maximum Gasteiger partial charge on any atom is 0.0824 e. The lowest BCUT2D eigenvalue weighted by Crippen LogP contribution is -2.54. The molecule has 0 amide bonds. The Kier molecular flexibility index (Phi) is 4.58. The van der Waals surface area contributed by atoms with Gasteiger partial charge < -0.3 is 4.90 Å². The van der Waals surface area contributed by atoms with Crippen LogP contribution < -0.4 is 0 Å². The second-order valence-electron chi connectivity index (χ2n) is 6.20. The minimum Gasteiger partial charge on any atom is -0.363 e. The van der Waals surface area contributed by atoms with Gasteiger partial charge in [-0.1, -0.05) is 42.5 Å². The van der Waals surface area contributed by atoms with E-state index in [1.807, 2.05) is 0 Å². The highest BCUT2D eigenvalue weighted by Gasteiger charge is 2.26. The fourth-order valence-corrected chi connectivity index (χ4v) is 2.86. The Morgan fingerprint density at radius 2 is 1.63 bits per heavy atom. The maximum atomic E-state index is 5.60. The standard InChI is InChI=1S/C16H24N2S/c1-16(2,3)18-11-9-17(10-12-18)15(19)13-14-7-5-4-6-8-14/h4-8H,9-13H2,1-3H3. The number of benzene rings is 1. The van der Waals surface area contributed by atoms with E-state index in [0.29, 0.717) is 0 Å². The van der Waals surface area contributed by atoms with Crippen LogP contribution in [-0.4, -0.2) is 46.5 Å². The van der Waals surface area contributed by atoms with Crippen molar-refractivity contribution in [1.29, 1.82) is 0 Å². The average molecular weight is 276 g/mol. The van der Waals surface area contributed by atoms with Crippen LogP contribution in [0.5, 0.6) is 0 Å². The van der Waals surface area contributed by atoms with Crippen LogP contribution in [0.25, 0.3) is 0 Å². The number of hydrogen-bond donors (Lipinski definition) is 0. The fraction of sp³-hybridized carbons (Fsp3) is 0.562. The molecule has 1 aliphatic rings. The lowest BCUT2D eigenvalue weighted by atomic mass is 10.0. The molecule has 0 radical (unpaired) electrons. The molecular weight excluding hydrogens is 252 g/mol. The van der Waals surface area contributed by atoms with Gasteiger partial charge in [0.1, 0.15) is 0 Å². The van der Waals surface area contributed by atoms with Gasteiger partial charge in [0.2, 0.25) is 0 Å². The quantitative estimate of drug-likeness (QED) is 0.767. The van der Waals surface area contributed by atoms with E-state index in [0.717, 1.165) is 37.6 Å². The molecule has 1 fully saturated rings. The summed E-state index contributed by atoms with van der Waals surface area (Å²) in [5.41, 5.74) is 1.58. The van der Waals surface area contributed by atoms with Gasteiger partial charge in [0.15, 0.2) is 0 Å². The Labute approximate surface area is 122 Å². The van der Waals surface area contributed by atoms with Crippen LogP contribution in [0, 0.1) is 0 Å². The molecule has 0 bridgehead atoms. The second-order valence-corrected chi connectivity index (χ2v) is 6.67. The number of thiocarbonyl (C=S) groups is 1. The van der Waals surface area contributed by atoms with E-state index < -0.39 is 0 Å². The van der Waals surface area contributed by atoms with E-state index in [1.54, 1.807) is 0 Å². The predicted octanol–water partition coefficient (Wildman–Crippen LogP) is 2.97. The molecule has 1 saturated heterocycles. The molecule has 1 aromatic rings. The SMILES string of the molecule is CC(C)(C)N1CCN(C(=S)Cc2ccccc2)CC1. The van der Waals surface area contributed by atoms with Gasteiger partial charge in [-0.3, -0.25) is 4.90 Å². The Morgan fingerprint density at radius 3 is 2.16 bits per heavy atom. The summed E-state index contributed by atoms with van der Waals surface area (Å²) in [5.74, 6) is 0. The van der Waals surface area contributed by atoms with Crippen molar-refractivity contribution >= 4 is 17.2 Å². The topological polar surface area (TPSA) is 6.48 Å². The van der Waals surface area contributed by atoms with Crippen molar-refractivity contribution in [2.45, 2.75) is 32.7 Å². The summed E-state index contributed by atoms with van der Waals surface area (Å²) in [6, 6.07) is 10.5. The molecule has 0 N–H and O–H groups in total. The average Bonchev–Trinajstić information content (AvgIpc) is 2.39. The third-order valence-electron chi connectivity index (χ3n) is 3.78. The Hall–Kier alpha value is -0.930. The van der Waals surface area contributed by atoms with Crippen molar-refractivity contribution in [3.63, 3.8) is 0 Å². The lowest BCUT2D eigenvalue weighted by molar-refractivity contribution is 0.0886. The van der Waals surface area contributed by atoms with Crippen LogP contribution in [0.4, 0.5) is 0 Å². The smallest absolute Gasteiger partial charge is 0.0824 e. The Morgan fingerprint density at radius 1 is 1.05 bits per heavy atom. The van der Waals surface area contributed by atoms with E-state index in [9.17, 15) is 0 Å². The van der Waals surface area contributed by atoms with E-state index >= 15 is 0 Å². The molecule has 19 heavy (non-hydrogen) atoms. The molecule has 1 heterocycles. The van der Waals surface area contributed by atoms with Gasteiger partial charge >= 0.3 is 0 Å². The highest BCUT2D eigenvalue weighted by Crippen LogP contribution is 2.16. The summed E-state index contributed by atoms with van der Waals surface area (Å²) in [6.45, 7) is 11.2. The molecular formula is C16H24N2S. The van der Waals surface area contributed by atoms with Crippen molar-refractivity contribution in [2.75, 3.05) is 26.2 Å². The van der Waals surface area contributed by atoms with Gasteiger partial charge in [0, 0.05) is 38.1 Å². The van der Waals surface area contributed by atoms with Crippen molar-refractivity contribution < 1.29 is 0 Å². The summed E-state index contributed by atoms with van der Waals surface area (Å²) in [6.07, 6.45) is 0.895. The Bertz CT molecular complexity index is 414. The number of nitrogens with zero attached hydrogens (tertiary/aromatic N) is 2. The molecule has 0 aromatic heterocycles. The normalized spacial score (nSPS) is 17.5. The van der Waals surface area contributed by atoms with Crippen molar-refractivity contribution in [3.8, 4) is 0 Å². The molecule has 2 rings (SSSR count). The van der Waals surface area contributed by atoms with E-state index in [1.165, 1.54) is 5.56 Å². The second kappa shape index (κ2) is 6.02. The zero-order valence-corrected chi connectivity index (χ0v) is 13.0. The van der Waals surface area contributed by atoms with Gasteiger partial charge in [-0.15, -0.1) is 0 Å². The predicted molar refractivity (Wildman–Crippen MR) is 85.6 cm³/mol. The van der Waals surface area contributed by atoms with Gasteiger partial charge in [0.05, 0.1) is 4.99 Å². The molecule has 0 atom stereocenters. The minimum absolute atomic E-state index is 0.271. The van der Waals surface area contributed by atoms with Gasteiger partial charge in [-0.2, -0.15) is 0 Å². The van der Waals surface area contributed by atoms with Crippen LogP contribution in [0.15, 0.2) is 30.3 Å². The monoisotopic (exact) mass is 276 g/mol. The molecule has 0 spiro atoms. The van der Waals surface area contributed by atoms with Crippen LogP contribution >= 0.6 is 12.2 Å². The Balaban J connectivity index is 1.86. The van der Waals surface area contributed by atoms with E-state index in [2.05, 4.69) is 60.9 Å². The molecule has 0 aliphatic carbocycles. The molecule has 0 unspecified atom stereocenters. The highest BCUT2D eigenvalue weighted by atomic mass is 32.1. The summed E-state index contributed by atoms with van der Waals surface area (Å²) in [7, 11) is 0. The van der Waals surface area contributed by atoms with Crippen molar-refractivity contribution in [2.24, 2.45) is 0 Å². The molecule has 3 heteroatoms. The van der Waals surface area contributed by atoms with Gasteiger partial charge in [-0.05, 0) is 26.3 Å². The first-order valence-electron chi connectivity index (χ1n) is 7.03. The molecule has 0 saturated carbocycles. The third-order valence-corrected chi connectivity index (χ3v) is 4.18. The first-order valence-corrected chi connectivity index (χ1v) is 7.44. The van der Waals surface area contributed by atoms with Crippen LogP contribution in [-0.2, 0) is 6.42 Å². The van der Waals surface area contributed by atoms with Crippen LogP contribution in [0.3, 0.4) is 0 Å². The fourth-order valence-electron chi connectivity index (χ4n) is 2.51. The minimum atomic E-state index is 0.271. The first-order chi connectivity index (χ1) is 8.97. The lowest BCUT2D eigenvalue weighted by Gasteiger charge is -2.43. The number of hydrogen-bond acceptors (Lipinski definition) is 2. The molecule has 1 aromatic carbocycles. The van der Waals surface area contributed by atoms with Crippen LogP contribution in [0.2, 0.25) is 0 Å². The summed E-state index contributed by atoms with van der Waals surface area (Å²) in [4.78, 5) is 5.99. The van der Waals surface area contributed by atoms with E-state index in [4.69, 9.17) is 12.2 Å². The van der Waals surface area contributed by atoms with Gasteiger partial charge in [-0.25, -0.2) is 0 Å². The zero-order valence-electron chi connectivity index (χ0n) is 12.2. The summed E-state index contributed by atoms with van der Waals surface area (Å²) < 4.78 is 0. The molecule has 2 nitrogen and oxygen atoms in total. The summed E-state index contributed by atoms with van der Waals surface area (Å²) >= 11 is 5.60. The van der Waals surface area contributed by atoms with Crippen molar-refractivity contribution in [3.05, 3.63) is 35.9 Å². The number of piperazine rings is 1. The largest absolute Gasteiger partial charge is 0.363 e. The number of rotatable bonds is 2. The maximum absolute atomic E-state index is 5.60. The first kappa shape index (κ1) is 14.5. The van der Waals surface area contributed by atoms with E-state index in [-0.39, 0.29) is 5.54 Å². The third kappa shape index (κ3) is 4.02. The van der Waals surface area contributed by atoms with Crippen LogP contribution in [0.1, 0.15) is 26.3 Å². The van der Waals surface area contributed by atoms with Crippen molar-refractivity contribution in [1.82, 2.24) is 9.80 Å².